The summed E-state index contributed by atoms with van der Waals surface area (Å²) in [5.74, 6) is -1.06. The Morgan fingerprint density at radius 2 is 1.60 bits per heavy atom. The van der Waals surface area contributed by atoms with Crippen molar-refractivity contribution >= 4 is 17.6 Å². The minimum atomic E-state index is -2.53. The molecule has 4 heteroatoms. The van der Waals surface area contributed by atoms with Crippen LogP contribution in [0.25, 0.3) is 11.6 Å². The normalized spacial score (nSPS) is 11.7. The first-order valence-electron chi connectivity index (χ1n) is 5.96. The number of aliphatic carboxylic acids is 1. The molecule has 1 N–H and O–H groups in total. The van der Waals surface area contributed by atoms with Gasteiger partial charge in [-0.05, 0) is 17.2 Å². The van der Waals surface area contributed by atoms with Crippen LogP contribution in [0.4, 0.5) is 8.78 Å². The molecule has 2 rings (SSSR count). The van der Waals surface area contributed by atoms with Gasteiger partial charge >= 0.3 is 5.97 Å². The van der Waals surface area contributed by atoms with E-state index in [4.69, 9.17) is 0 Å². The molecule has 0 aliphatic rings. The van der Waals surface area contributed by atoms with Gasteiger partial charge in [0, 0.05) is 5.56 Å². The maximum absolute atomic E-state index is 12.4. The van der Waals surface area contributed by atoms with E-state index in [0.29, 0.717) is 11.1 Å². The van der Waals surface area contributed by atoms with Crippen molar-refractivity contribution < 1.29 is 18.7 Å². The summed E-state index contributed by atoms with van der Waals surface area (Å²) in [6.07, 6.45) is -1.06. The van der Waals surface area contributed by atoms with Crippen LogP contribution >= 0.6 is 0 Å². The average Bonchev–Trinajstić information content (AvgIpc) is 2.46. The molecule has 0 aliphatic heterocycles. The summed E-state index contributed by atoms with van der Waals surface area (Å²) in [5.41, 5.74) is 1.17. The molecule has 0 aliphatic carbocycles. The Kier molecular flexibility index (Phi) is 4.25. The molecule has 0 saturated heterocycles. The lowest BCUT2D eigenvalue weighted by Gasteiger charge is -2.04. The number of rotatable bonds is 4. The van der Waals surface area contributed by atoms with Crippen LogP contribution < -0.4 is 0 Å². The predicted octanol–water partition coefficient (Wildman–Crippen LogP) is 4.25. The molecule has 0 amide bonds. The van der Waals surface area contributed by atoms with Crippen LogP contribution in [0.3, 0.4) is 0 Å². The summed E-state index contributed by atoms with van der Waals surface area (Å²) in [7, 11) is 0. The third-order valence-electron chi connectivity index (χ3n) is 2.81. The van der Waals surface area contributed by atoms with Gasteiger partial charge in [-0.15, -0.1) is 0 Å². The molecule has 20 heavy (non-hydrogen) atoms. The van der Waals surface area contributed by atoms with Gasteiger partial charge in [0.1, 0.15) is 0 Å². The molecule has 0 spiro atoms. The van der Waals surface area contributed by atoms with Gasteiger partial charge in [-0.1, -0.05) is 54.6 Å². The first kappa shape index (κ1) is 13.9. The van der Waals surface area contributed by atoms with Crippen molar-refractivity contribution in [3.63, 3.8) is 0 Å². The highest BCUT2D eigenvalue weighted by molar-refractivity contribution is 6.20. The zero-order valence-corrected chi connectivity index (χ0v) is 10.5. The Hall–Kier alpha value is -2.49. The van der Waals surface area contributed by atoms with E-state index >= 15 is 0 Å². The lowest BCUT2D eigenvalue weighted by molar-refractivity contribution is -0.130. The molecule has 0 saturated carbocycles. The van der Waals surface area contributed by atoms with Gasteiger partial charge in [0.25, 0.3) is 6.43 Å². The van der Waals surface area contributed by atoms with Gasteiger partial charge in [0.15, 0.2) is 0 Å². The van der Waals surface area contributed by atoms with Crippen molar-refractivity contribution in [1.29, 1.82) is 0 Å². The third kappa shape index (κ3) is 3.29. The first-order chi connectivity index (χ1) is 9.58. The Labute approximate surface area is 115 Å². The van der Waals surface area contributed by atoms with E-state index < -0.39 is 12.4 Å². The number of hydrogen-bond acceptors (Lipinski definition) is 1. The molecule has 0 aromatic heterocycles. The number of carbonyl (C=O) groups is 1. The van der Waals surface area contributed by atoms with Crippen LogP contribution in [0.1, 0.15) is 23.1 Å². The van der Waals surface area contributed by atoms with E-state index in [9.17, 15) is 18.7 Å². The molecule has 102 valence electrons. The summed E-state index contributed by atoms with van der Waals surface area (Å²) in [6.45, 7) is 0. The van der Waals surface area contributed by atoms with E-state index in [1.54, 1.807) is 30.3 Å². The molecule has 0 fully saturated rings. The standard InChI is InChI=1S/C16H12F2O2/c17-15(18)13-8-6-11(7-9-13)10-14(16(19)20)12-4-2-1-3-5-12/h1-10,15H,(H,19,20)/b14-10+. The number of benzene rings is 2. The van der Waals surface area contributed by atoms with E-state index in [2.05, 4.69) is 0 Å². The summed E-state index contributed by atoms with van der Waals surface area (Å²) in [6, 6.07) is 14.2. The Morgan fingerprint density at radius 1 is 1.00 bits per heavy atom. The lowest BCUT2D eigenvalue weighted by Crippen LogP contribution is -1.99. The van der Waals surface area contributed by atoms with Crippen LogP contribution in [-0.4, -0.2) is 11.1 Å². The van der Waals surface area contributed by atoms with Crippen molar-refractivity contribution in [2.24, 2.45) is 0 Å². The summed E-state index contributed by atoms with van der Waals surface area (Å²) >= 11 is 0. The largest absolute Gasteiger partial charge is 0.478 e. The zero-order valence-electron chi connectivity index (χ0n) is 10.5. The van der Waals surface area contributed by atoms with Crippen molar-refractivity contribution in [2.75, 3.05) is 0 Å². The van der Waals surface area contributed by atoms with Gasteiger partial charge in [-0.3, -0.25) is 0 Å². The third-order valence-corrected chi connectivity index (χ3v) is 2.81. The highest BCUT2D eigenvalue weighted by atomic mass is 19.3. The average molecular weight is 274 g/mol. The first-order valence-corrected chi connectivity index (χ1v) is 5.96. The van der Waals surface area contributed by atoms with Crippen LogP contribution in [0, 0.1) is 0 Å². The maximum atomic E-state index is 12.4. The fraction of sp³-hybridized carbons (Fsp3) is 0.0625. The Morgan fingerprint density at radius 3 is 2.10 bits per heavy atom. The summed E-state index contributed by atoms with van der Waals surface area (Å²) < 4.78 is 24.9. The number of alkyl halides is 2. The van der Waals surface area contributed by atoms with Crippen molar-refractivity contribution in [2.45, 2.75) is 6.43 Å². The van der Waals surface area contributed by atoms with Crippen molar-refractivity contribution in [1.82, 2.24) is 0 Å². The van der Waals surface area contributed by atoms with Crippen molar-refractivity contribution in [3.8, 4) is 0 Å². The Balaban J connectivity index is 2.37. The second-order valence-corrected chi connectivity index (χ2v) is 4.20. The topological polar surface area (TPSA) is 37.3 Å². The number of carboxylic acids is 1. The molecule has 2 nitrogen and oxygen atoms in total. The molecular weight excluding hydrogens is 262 g/mol. The second-order valence-electron chi connectivity index (χ2n) is 4.20. The second kappa shape index (κ2) is 6.10. The van der Waals surface area contributed by atoms with Crippen LogP contribution in [-0.2, 0) is 4.79 Å². The van der Waals surface area contributed by atoms with Crippen LogP contribution in [0.15, 0.2) is 54.6 Å². The predicted molar refractivity (Wildman–Crippen MR) is 73.3 cm³/mol. The molecule has 0 unspecified atom stereocenters. The summed E-state index contributed by atoms with van der Waals surface area (Å²) in [4.78, 5) is 11.3. The smallest absolute Gasteiger partial charge is 0.336 e. The molecule has 0 radical (unpaired) electrons. The van der Waals surface area contributed by atoms with Gasteiger partial charge in [0.2, 0.25) is 0 Å². The van der Waals surface area contributed by atoms with Gasteiger partial charge < -0.3 is 5.11 Å². The van der Waals surface area contributed by atoms with Gasteiger partial charge in [-0.25, -0.2) is 13.6 Å². The Bertz CT molecular complexity index is 617. The monoisotopic (exact) mass is 274 g/mol. The quantitative estimate of drug-likeness (QED) is 0.668. The number of halogens is 2. The molecule has 0 atom stereocenters. The molecule has 0 bridgehead atoms. The number of hydrogen-bond donors (Lipinski definition) is 1. The molecule has 0 heterocycles. The van der Waals surface area contributed by atoms with Gasteiger partial charge in [-0.2, -0.15) is 0 Å². The van der Waals surface area contributed by atoms with Crippen LogP contribution in [0.5, 0.6) is 0 Å². The molecule has 2 aromatic rings. The number of carboxylic acid groups (broad SMARTS) is 1. The minimum Gasteiger partial charge on any atom is -0.478 e. The SMILES string of the molecule is O=C(O)/C(=C/c1ccc(C(F)F)cc1)c1ccccc1. The van der Waals surface area contributed by atoms with Crippen molar-refractivity contribution in [3.05, 3.63) is 71.3 Å². The molecular formula is C16H12F2O2. The minimum absolute atomic E-state index is 0.0845. The van der Waals surface area contributed by atoms with E-state index in [1.807, 2.05) is 0 Å². The van der Waals surface area contributed by atoms with E-state index in [0.717, 1.165) is 0 Å². The van der Waals surface area contributed by atoms with E-state index in [1.165, 1.54) is 30.3 Å². The fourth-order valence-corrected chi connectivity index (χ4v) is 1.79. The van der Waals surface area contributed by atoms with Gasteiger partial charge in [0.05, 0.1) is 5.57 Å². The van der Waals surface area contributed by atoms with E-state index in [-0.39, 0.29) is 11.1 Å². The highest BCUT2D eigenvalue weighted by Gasteiger charge is 2.10. The van der Waals surface area contributed by atoms with Crippen LogP contribution in [0.2, 0.25) is 0 Å². The molecule has 2 aromatic carbocycles. The maximum Gasteiger partial charge on any atom is 0.336 e. The zero-order chi connectivity index (χ0) is 14.5. The highest BCUT2D eigenvalue weighted by Crippen LogP contribution is 2.22. The summed E-state index contributed by atoms with van der Waals surface area (Å²) in [5, 5.41) is 9.24. The lowest BCUT2D eigenvalue weighted by atomic mass is 10.0. The fourth-order valence-electron chi connectivity index (χ4n) is 1.79.